The van der Waals surface area contributed by atoms with E-state index >= 15 is 0 Å². The Morgan fingerprint density at radius 2 is 1.45 bits per heavy atom. The number of halogens is 1. The van der Waals surface area contributed by atoms with Gasteiger partial charge in [0.2, 0.25) is 25.9 Å². The van der Waals surface area contributed by atoms with Crippen LogP contribution in [-0.2, 0) is 33.0 Å². The van der Waals surface area contributed by atoms with E-state index in [2.05, 4.69) is 41.5 Å². The van der Waals surface area contributed by atoms with Crippen LogP contribution < -0.4 is 17.6 Å². The zero-order chi connectivity index (χ0) is 39.2. The van der Waals surface area contributed by atoms with Crippen LogP contribution in [0.3, 0.4) is 0 Å². The van der Waals surface area contributed by atoms with Gasteiger partial charge in [0, 0.05) is 34.8 Å². The monoisotopic (exact) mass is 785 g/mol. The molecular formula is C38H48FN3O8S2Si. The molecule has 0 aliphatic heterocycles. The van der Waals surface area contributed by atoms with Crippen LogP contribution in [0.2, 0.25) is 16.6 Å². The fourth-order valence-corrected chi connectivity index (χ4v) is 16.0. The third-order valence-electron chi connectivity index (χ3n) is 9.87. The first-order chi connectivity index (χ1) is 24.7. The number of pyridine rings is 1. The number of ether oxygens (including phenoxy) is 2. The maximum absolute atomic E-state index is 13.8. The second kappa shape index (κ2) is 14.8. The summed E-state index contributed by atoms with van der Waals surface area (Å²) in [5, 5.41) is 12.7. The molecule has 0 saturated heterocycles. The van der Waals surface area contributed by atoms with Gasteiger partial charge in [0.15, 0.2) is 0 Å². The van der Waals surface area contributed by atoms with E-state index in [4.69, 9.17) is 18.9 Å². The Balaban J connectivity index is 1.96. The molecule has 1 N–H and O–H groups in total. The van der Waals surface area contributed by atoms with Gasteiger partial charge in [0.1, 0.15) is 28.6 Å². The first-order valence-electron chi connectivity index (χ1n) is 17.3. The van der Waals surface area contributed by atoms with Crippen LogP contribution in [-0.4, -0.2) is 66.5 Å². The van der Waals surface area contributed by atoms with E-state index in [-0.39, 0.29) is 62.2 Å². The van der Waals surface area contributed by atoms with Crippen LogP contribution in [0.4, 0.5) is 10.1 Å². The molecule has 0 unspecified atom stereocenters. The minimum Gasteiger partial charge on any atom is -0.541 e. The van der Waals surface area contributed by atoms with Crippen LogP contribution >= 0.6 is 0 Å². The van der Waals surface area contributed by atoms with Crippen LogP contribution in [0.1, 0.15) is 58.2 Å². The van der Waals surface area contributed by atoms with Crippen molar-refractivity contribution >= 4 is 55.7 Å². The average Bonchev–Trinajstić information content (AvgIpc) is 3.39. The summed E-state index contributed by atoms with van der Waals surface area (Å²) in [6, 6.07) is 12.9. The number of aromatic nitrogens is 2. The summed E-state index contributed by atoms with van der Waals surface area (Å²) in [5.41, 5.74) is 2.34. The number of nitrogens with zero attached hydrogens (tertiary/aromatic N) is 3. The molecule has 286 valence electrons. The maximum atomic E-state index is 13.8. The molecule has 0 saturated carbocycles. The van der Waals surface area contributed by atoms with Gasteiger partial charge in [-0.25, -0.2) is 21.2 Å². The number of hydrogen-bond donors (Lipinski definition) is 1. The van der Waals surface area contributed by atoms with Crippen molar-refractivity contribution in [1.82, 2.24) is 9.55 Å². The summed E-state index contributed by atoms with van der Waals surface area (Å²) < 4.78 is 88.2. The van der Waals surface area contributed by atoms with Crippen molar-refractivity contribution < 1.29 is 40.2 Å². The van der Waals surface area contributed by atoms with Gasteiger partial charge in [-0.05, 0) is 64.5 Å². The Morgan fingerprint density at radius 1 is 0.849 bits per heavy atom. The number of hydrogen-bond acceptors (Lipinski definition) is 9. The molecule has 5 aromatic rings. The third-order valence-corrected chi connectivity index (χ3v) is 19.0. The number of benzene rings is 3. The molecule has 2 heterocycles. The Kier molecular flexibility index (Phi) is 11.1. The number of methoxy groups -OCH3 is 2. The summed E-state index contributed by atoms with van der Waals surface area (Å²) in [7, 11) is -8.71. The summed E-state index contributed by atoms with van der Waals surface area (Å²) in [4.78, 5) is 4.85. The molecule has 3 aromatic carbocycles. The molecule has 0 atom stereocenters. The van der Waals surface area contributed by atoms with E-state index < -0.39 is 34.2 Å². The molecule has 0 spiro atoms. The molecule has 0 amide bonds. The van der Waals surface area contributed by atoms with Crippen LogP contribution in [0, 0.1) is 5.82 Å². The summed E-state index contributed by atoms with van der Waals surface area (Å²) in [6.45, 7) is 12.8. The van der Waals surface area contributed by atoms with Crippen molar-refractivity contribution in [3.63, 3.8) is 0 Å². The van der Waals surface area contributed by atoms with Gasteiger partial charge < -0.3 is 23.6 Å². The Labute approximate surface area is 312 Å². The zero-order valence-corrected chi connectivity index (χ0v) is 34.4. The van der Waals surface area contributed by atoms with Crippen LogP contribution in [0.15, 0.2) is 60.9 Å². The molecule has 0 bridgehead atoms. The Morgan fingerprint density at radius 3 is 1.98 bits per heavy atom. The van der Waals surface area contributed by atoms with E-state index in [1.54, 1.807) is 42.6 Å². The first kappa shape index (κ1) is 39.9. The molecule has 0 radical (unpaired) electrons. The molecule has 53 heavy (non-hydrogen) atoms. The molecule has 0 aliphatic carbocycles. The van der Waals surface area contributed by atoms with Crippen molar-refractivity contribution in [2.75, 3.05) is 30.4 Å². The standard InChI is InChI=1S/C38H48FN3O8S2Si/c1-23(2)53(24(3)4,25(5)6)50-37-34-32(22-41(38(34)43)21-28-13-16-30(48-7)19-33(28)49-8)36(42(51(9,44)45)52(10,46)47)31-18-27(20-40-35(31)37)17-26-11-14-29(39)15-12-26/h11-16,18-20,22-25,43H,17,21H2,1-10H3. The minimum atomic E-state index is -4.49. The number of aromatic hydroxyl groups is 1. The predicted molar refractivity (Wildman–Crippen MR) is 211 cm³/mol. The highest BCUT2D eigenvalue weighted by atomic mass is 32.3. The van der Waals surface area contributed by atoms with Gasteiger partial charge in [-0.2, -0.15) is 3.71 Å². The van der Waals surface area contributed by atoms with Crippen molar-refractivity contribution in [3.8, 4) is 23.1 Å². The normalized spacial score (nSPS) is 12.7. The lowest BCUT2D eigenvalue weighted by Gasteiger charge is -2.42. The molecule has 11 nitrogen and oxygen atoms in total. The van der Waals surface area contributed by atoms with E-state index in [9.17, 15) is 26.3 Å². The van der Waals surface area contributed by atoms with Crippen LogP contribution in [0.25, 0.3) is 21.7 Å². The summed E-state index contributed by atoms with van der Waals surface area (Å²) in [5.74, 6) is 0.631. The SMILES string of the molecule is COc1ccc(Cn2cc3c(N(S(C)(=O)=O)S(C)(=O)=O)c4cc(Cc5ccc(F)cc5)cnc4c(O[Si](C(C)C)(C(C)C)C(C)C)c3c2O)c(OC)c1. The lowest BCUT2D eigenvalue weighted by Crippen LogP contribution is -2.50. The molecule has 15 heteroatoms. The van der Waals surface area contributed by atoms with Crippen molar-refractivity contribution in [3.05, 3.63) is 83.4 Å². The van der Waals surface area contributed by atoms with Crippen molar-refractivity contribution in [2.24, 2.45) is 0 Å². The van der Waals surface area contributed by atoms with E-state index in [0.717, 1.165) is 18.1 Å². The fraction of sp³-hybridized carbons (Fsp3) is 0.395. The second-order valence-electron chi connectivity index (χ2n) is 14.4. The van der Waals surface area contributed by atoms with Gasteiger partial charge in [0.25, 0.3) is 8.32 Å². The van der Waals surface area contributed by atoms with Crippen LogP contribution in [0.5, 0.6) is 23.1 Å². The average molecular weight is 786 g/mol. The lowest BCUT2D eigenvalue weighted by atomic mass is 10.0. The quantitative estimate of drug-likeness (QED) is 0.111. The van der Waals surface area contributed by atoms with Gasteiger partial charge in [0.05, 0.1) is 44.3 Å². The highest BCUT2D eigenvalue weighted by Crippen LogP contribution is 2.52. The second-order valence-corrected chi connectivity index (χ2v) is 23.7. The lowest BCUT2D eigenvalue weighted by molar-refractivity contribution is 0.387. The first-order valence-corrected chi connectivity index (χ1v) is 23.1. The van der Waals surface area contributed by atoms with Crippen molar-refractivity contribution in [2.45, 2.75) is 71.1 Å². The molecule has 2 aromatic heterocycles. The largest absolute Gasteiger partial charge is 0.541 e. The predicted octanol–water partition coefficient (Wildman–Crippen LogP) is 7.97. The smallest absolute Gasteiger partial charge is 0.258 e. The molecule has 5 rings (SSSR count). The van der Waals surface area contributed by atoms with Gasteiger partial charge >= 0.3 is 0 Å². The van der Waals surface area contributed by atoms with E-state index in [1.165, 1.54) is 37.1 Å². The molecule has 0 fully saturated rings. The minimum absolute atomic E-state index is 0.0605. The number of fused-ring (bicyclic) bond motifs is 2. The van der Waals surface area contributed by atoms with E-state index in [1.807, 2.05) is 0 Å². The molecule has 0 aliphatic rings. The topological polar surface area (TPSA) is 137 Å². The Bertz CT molecular complexity index is 2330. The van der Waals surface area contributed by atoms with Gasteiger partial charge in [-0.1, -0.05) is 53.7 Å². The maximum Gasteiger partial charge on any atom is 0.258 e. The highest BCUT2D eigenvalue weighted by Gasteiger charge is 2.48. The third kappa shape index (κ3) is 7.56. The molecular weight excluding hydrogens is 738 g/mol. The Hall–Kier alpha value is -4.34. The summed E-state index contributed by atoms with van der Waals surface area (Å²) >= 11 is 0. The van der Waals surface area contributed by atoms with E-state index in [0.29, 0.717) is 32.8 Å². The fourth-order valence-electron chi connectivity index (χ4n) is 7.71. The van der Waals surface area contributed by atoms with Crippen molar-refractivity contribution in [1.29, 1.82) is 0 Å². The van der Waals surface area contributed by atoms with Gasteiger partial charge in [-0.3, -0.25) is 4.98 Å². The summed E-state index contributed by atoms with van der Waals surface area (Å²) in [6.07, 6.45) is 5.08. The number of rotatable bonds is 14. The number of anilines is 1. The number of sulfonamides is 2. The van der Waals surface area contributed by atoms with Gasteiger partial charge in [-0.15, -0.1) is 0 Å². The highest BCUT2D eigenvalue weighted by molar-refractivity contribution is 8.09. The zero-order valence-electron chi connectivity index (χ0n) is 31.8.